The zero-order valence-corrected chi connectivity index (χ0v) is 11.4. The van der Waals surface area contributed by atoms with Crippen molar-refractivity contribution < 1.29 is 36.5 Å². The molecule has 0 radical (unpaired) electrons. The number of rotatable bonds is 0. The molecule has 0 aromatic heterocycles. The van der Waals surface area contributed by atoms with Gasteiger partial charge in [0, 0.05) is 5.92 Å². The zero-order chi connectivity index (χ0) is 15.9. The molecule has 1 aliphatic heterocycles. The van der Waals surface area contributed by atoms with Crippen LogP contribution in [0.2, 0.25) is 0 Å². The number of halogens is 5. The molecule has 1 saturated carbocycles. The molecule has 0 aromatic rings. The summed E-state index contributed by atoms with van der Waals surface area (Å²) in [6, 6.07) is 0. The highest BCUT2D eigenvalue weighted by atomic mass is 19.4. The number of allylic oxidation sites excluding steroid dienone is 1. The Labute approximate surface area is 117 Å². The molecule has 2 bridgehead atoms. The van der Waals surface area contributed by atoms with Crippen molar-refractivity contribution in [3.63, 3.8) is 0 Å². The molecule has 2 fully saturated rings. The predicted octanol–water partition coefficient (Wildman–Crippen LogP) is 2.99. The minimum atomic E-state index is -5.64. The van der Waals surface area contributed by atoms with Crippen molar-refractivity contribution in [1.82, 2.24) is 0 Å². The molecule has 2 aliphatic carbocycles. The van der Waals surface area contributed by atoms with Crippen LogP contribution in [-0.2, 0) is 9.47 Å². The molecule has 8 heteroatoms. The number of ether oxygens (including phenoxy) is 2. The van der Waals surface area contributed by atoms with E-state index in [1.54, 1.807) is 6.08 Å². The van der Waals surface area contributed by atoms with Crippen LogP contribution in [0.3, 0.4) is 0 Å². The number of aliphatic hydroxyl groups is 1. The largest absolute Gasteiger partial charge is 0.449 e. The first-order valence-electron chi connectivity index (χ1n) is 6.60. The fraction of sp³-hybridized carbons (Fsp3) is 0.846. The molecule has 3 aliphatic rings. The Bertz CT molecular complexity index is 501. The molecule has 4 unspecified atom stereocenters. The highest BCUT2D eigenvalue weighted by Gasteiger charge is 2.84. The molecule has 1 spiro atoms. The summed E-state index contributed by atoms with van der Waals surface area (Å²) in [6.45, 7) is 2.19. The van der Waals surface area contributed by atoms with Crippen molar-refractivity contribution in [2.24, 2.45) is 11.8 Å². The van der Waals surface area contributed by atoms with Crippen LogP contribution in [0.4, 0.5) is 22.0 Å². The summed E-state index contributed by atoms with van der Waals surface area (Å²) < 4.78 is 78.2. The molecular weight excluding hydrogens is 299 g/mol. The molecule has 1 saturated heterocycles. The number of hydrogen-bond donors (Lipinski definition) is 1. The van der Waals surface area contributed by atoms with Gasteiger partial charge in [-0.15, -0.1) is 0 Å². The molecule has 0 aromatic carbocycles. The van der Waals surface area contributed by atoms with Crippen LogP contribution < -0.4 is 0 Å². The second-order valence-corrected chi connectivity index (χ2v) is 6.40. The van der Waals surface area contributed by atoms with Crippen LogP contribution in [-0.4, -0.2) is 34.4 Å². The van der Waals surface area contributed by atoms with E-state index < -0.39 is 35.2 Å². The van der Waals surface area contributed by atoms with Crippen LogP contribution in [0, 0.1) is 11.8 Å². The molecule has 3 nitrogen and oxygen atoms in total. The summed E-state index contributed by atoms with van der Waals surface area (Å²) in [5.74, 6) is -12.3. The van der Waals surface area contributed by atoms with E-state index in [0.717, 1.165) is 13.8 Å². The summed E-state index contributed by atoms with van der Waals surface area (Å²) in [6.07, 6.45) is -2.48. The van der Waals surface area contributed by atoms with Gasteiger partial charge in [0.25, 0.3) is 0 Å². The number of fused-ring (bicyclic) bond motifs is 3. The molecule has 1 heterocycles. The standard InChI is InChI=1S/C13H15F5O3/c1-9(2)20-10(6-7-3-4-8(10)5-7)11(14,15)12(19,21-9)13(16,17)18/h3-4,7-8,19H,5-6H2,1-2H3. The van der Waals surface area contributed by atoms with E-state index in [1.165, 1.54) is 6.08 Å². The Hall–Kier alpha value is -0.730. The van der Waals surface area contributed by atoms with Crippen LogP contribution in [0.25, 0.3) is 0 Å². The summed E-state index contributed by atoms with van der Waals surface area (Å²) in [5, 5.41) is 9.72. The van der Waals surface area contributed by atoms with E-state index in [0.29, 0.717) is 6.42 Å². The Kier molecular flexibility index (Phi) is 2.73. The van der Waals surface area contributed by atoms with Crippen LogP contribution in [0.1, 0.15) is 26.7 Å². The normalized spacial score (nSPS) is 47.2. The third kappa shape index (κ3) is 1.69. The maximum Gasteiger partial charge on any atom is 0.449 e. The molecule has 3 rings (SSSR count). The maximum absolute atomic E-state index is 14.7. The van der Waals surface area contributed by atoms with Crippen LogP contribution in [0.5, 0.6) is 0 Å². The van der Waals surface area contributed by atoms with Crippen LogP contribution in [0.15, 0.2) is 12.2 Å². The van der Waals surface area contributed by atoms with E-state index in [-0.39, 0.29) is 12.3 Å². The molecule has 120 valence electrons. The van der Waals surface area contributed by atoms with Gasteiger partial charge in [0.05, 0.1) is 0 Å². The Morgan fingerprint density at radius 1 is 1.14 bits per heavy atom. The lowest BCUT2D eigenvalue weighted by molar-refractivity contribution is -0.544. The lowest BCUT2D eigenvalue weighted by atomic mass is 9.76. The highest BCUT2D eigenvalue weighted by Crippen LogP contribution is 2.64. The monoisotopic (exact) mass is 314 g/mol. The topological polar surface area (TPSA) is 38.7 Å². The highest BCUT2D eigenvalue weighted by molar-refractivity contribution is 5.25. The predicted molar refractivity (Wildman–Crippen MR) is 60.3 cm³/mol. The van der Waals surface area contributed by atoms with Crippen molar-refractivity contribution in [2.45, 2.75) is 56.0 Å². The molecule has 0 amide bonds. The Morgan fingerprint density at radius 3 is 2.19 bits per heavy atom. The quantitative estimate of drug-likeness (QED) is 0.552. The van der Waals surface area contributed by atoms with Crippen LogP contribution >= 0.6 is 0 Å². The third-order valence-electron chi connectivity index (χ3n) is 4.50. The summed E-state index contributed by atoms with van der Waals surface area (Å²) in [4.78, 5) is 0. The lowest BCUT2D eigenvalue weighted by Crippen LogP contribution is -2.78. The first kappa shape index (κ1) is 15.2. The summed E-state index contributed by atoms with van der Waals surface area (Å²) in [7, 11) is 0. The van der Waals surface area contributed by atoms with Gasteiger partial charge in [-0.1, -0.05) is 12.2 Å². The van der Waals surface area contributed by atoms with Gasteiger partial charge in [-0.3, -0.25) is 0 Å². The smallest absolute Gasteiger partial charge is 0.354 e. The van der Waals surface area contributed by atoms with Gasteiger partial charge in [0.2, 0.25) is 0 Å². The SMILES string of the molecule is CC1(C)OC2(CC3C=CC2C3)C(F)(F)C(O)(C(F)(F)F)O1. The van der Waals surface area contributed by atoms with E-state index >= 15 is 0 Å². The van der Waals surface area contributed by atoms with E-state index in [2.05, 4.69) is 4.74 Å². The van der Waals surface area contributed by atoms with E-state index in [4.69, 9.17) is 4.74 Å². The minimum Gasteiger partial charge on any atom is -0.354 e. The van der Waals surface area contributed by atoms with Gasteiger partial charge in [-0.05, 0) is 32.6 Å². The van der Waals surface area contributed by atoms with E-state index in [9.17, 15) is 27.1 Å². The lowest BCUT2D eigenvalue weighted by Gasteiger charge is -2.57. The fourth-order valence-electron chi connectivity index (χ4n) is 3.76. The second kappa shape index (κ2) is 3.78. The molecule has 21 heavy (non-hydrogen) atoms. The maximum atomic E-state index is 14.7. The van der Waals surface area contributed by atoms with Gasteiger partial charge in [0.15, 0.2) is 5.79 Å². The van der Waals surface area contributed by atoms with Crippen molar-refractivity contribution in [1.29, 1.82) is 0 Å². The molecular formula is C13H15F5O3. The first-order chi connectivity index (χ1) is 9.35. The van der Waals surface area contributed by atoms with Crippen molar-refractivity contribution in [3.05, 3.63) is 12.2 Å². The Morgan fingerprint density at radius 2 is 1.76 bits per heavy atom. The number of alkyl halides is 5. The minimum absolute atomic E-state index is 0.271. The number of hydrogen-bond acceptors (Lipinski definition) is 3. The average Bonchev–Trinajstić information content (AvgIpc) is 2.84. The summed E-state index contributed by atoms with van der Waals surface area (Å²) >= 11 is 0. The van der Waals surface area contributed by atoms with Crippen molar-refractivity contribution in [2.75, 3.05) is 0 Å². The van der Waals surface area contributed by atoms with Gasteiger partial charge in [-0.2, -0.15) is 22.0 Å². The van der Waals surface area contributed by atoms with Crippen molar-refractivity contribution >= 4 is 0 Å². The summed E-state index contributed by atoms with van der Waals surface area (Å²) in [5.41, 5.74) is -2.40. The van der Waals surface area contributed by atoms with Gasteiger partial charge >= 0.3 is 17.9 Å². The molecule has 1 N–H and O–H groups in total. The first-order valence-corrected chi connectivity index (χ1v) is 6.60. The molecule has 4 atom stereocenters. The zero-order valence-electron chi connectivity index (χ0n) is 11.4. The van der Waals surface area contributed by atoms with Gasteiger partial charge in [-0.25, -0.2) is 0 Å². The van der Waals surface area contributed by atoms with Crippen molar-refractivity contribution in [3.8, 4) is 0 Å². The van der Waals surface area contributed by atoms with E-state index in [1.807, 2.05) is 0 Å². The third-order valence-corrected chi connectivity index (χ3v) is 4.50. The Balaban J connectivity index is 2.16. The van der Waals surface area contributed by atoms with Gasteiger partial charge < -0.3 is 14.6 Å². The fourth-order valence-corrected chi connectivity index (χ4v) is 3.76. The average molecular weight is 314 g/mol. The van der Waals surface area contributed by atoms with Gasteiger partial charge in [0.1, 0.15) is 5.60 Å². The second-order valence-electron chi connectivity index (χ2n) is 6.40.